The number of rotatable bonds is 5. The van der Waals surface area contributed by atoms with Gasteiger partial charge >= 0.3 is 0 Å². The number of nitrogen functional groups attached to an aromatic ring is 1. The molecule has 0 spiro atoms. The maximum Gasteiger partial charge on any atom is 0.0501 e. The van der Waals surface area contributed by atoms with Gasteiger partial charge in [-0.3, -0.25) is 4.98 Å². The van der Waals surface area contributed by atoms with Crippen LogP contribution in [0.3, 0.4) is 0 Å². The molecule has 0 amide bonds. The van der Waals surface area contributed by atoms with Crippen molar-refractivity contribution in [1.82, 2.24) is 9.88 Å². The van der Waals surface area contributed by atoms with Crippen LogP contribution < -0.4 is 5.73 Å². The third-order valence-electron chi connectivity index (χ3n) is 3.17. The molecule has 19 heavy (non-hydrogen) atoms. The van der Waals surface area contributed by atoms with E-state index in [1.54, 1.807) is 6.20 Å². The van der Waals surface area contributed by atoms with E-state index in [1.807, 2.05) is 12.1 Å². The van der Waals surface area contributed by atoms with Gasteiger partial charge in [0.15, 0.2) is 0 Å². The maximum atomic E-state index is 5.62. The number of aryl methyl sites for hydroxylation is 1. The topological polar surface area (TPSA) is 42.1 Å². The highest BCUT2D eigenvalue weighted by Gasteiger charge is 2.02. The Kier molecular flexibility index (Phi) is 4.53. The van der Waals surface area contributed by atoms with Gasteiger partial charge in [0.25, 0.3) is 0 Å². The quantitative estimate of drug-likeness (QED) is 0.893. The van der Waals surface area contributed by atoms with Gasteiger partial charge in [-0.05, 0) is 31.7 Å². The monoisotopic (exact) mass is 255 g/mol. The Bertz CT molecular complexity index is 503. The van der Waals surface area contributed by atoms with Crippen LogP contribution in [0.1, 0.15) is 16.8 Å². The SMILES string of the molecule is Cc1ccc(CN(C)CCc2ccc(N)cn2)cc1. The molecule has 2 N–H and O–H groups in total. The molecule has 0 aliphatic heterocycles. The number of pyridine rings is 1. The summed E-state index contributed by atoms with van der Waals surface area (Å²) in [6.45, 7) is 4.07. The first kappa shape index (κ1) is 13.6. The fraction of sp³-hybridized carbons (Fsp3) is 0.312. The molecule has 2 rings (SSSR count). The normalized spacial score (nSPS) is 10.9. The summed E-state index contributed by atoms with van der Waals surface area (Å²) in [6, 6.07) is 12.6. The lowest BCUT2D eigenvalue weighted by Crippen LogP contribution is -2.21. The van der Waals surface area contributed by atoms with Crippen LogP contribution in [0.25, 0.3) is 0 Å². The number of anilines is 1. The average Bonchev–Trinajstić information content (AvgIpc) is 2.41. The van der Waals surface area contributed by atoms with Crippen molar-refractivity contribution in [2.75, 3.05) is 19.3 Å². The van der Waals surface area contributed by atoms with Gasteiger partial charge in [0.2, 0.25) is 0 Å². The number of aromatic nitrogens is 1. The molecule has 0 aliphatic rings. The van der Waals surface area contributed by atoms with E-state index in [-0.39, 0.29) is 0 Å². The summed E-state index contributed by atoms with van der Waals surface area (Å²) in [5.74, 6) is 0. The van der Waals surface area contributed by atoms with E-state index in [1.165, 1.54) is 11.1 Å². The molecule has 1 heterocycles. The molecule has 100 valence electrons. The van der Waals surface area contributed by atoms with Crippen molar-refractivity contribution in [2.45, 2.75) is 19.9 Å². The Morgan fingerprint density at radius 1 is 1.11 bits per heavy atom. The number of hydrogen-bond acceptors (Lipinski definition) is 3. The van der Waals surface area contributed by atoms with E-state index in [4.69, 9.17) is 5.73 Å². The number of likely N-dealkylation sites (N-methyl/N-ethyl adjacent to an activating group) is 1. The van der Waals surface area contributed by atoms with E-state index in [9.17, 15) is 0 Å². The smallest absolute Gasteiger partial charge is 0.0501 e. The summed E-state index contributed by atoms with van der Waals surface area (Å²) in [6.07, 6.45) is 2.66. The molecule has 0 saturated heterocycles. The Morgan fingerprint density at radius 2 is 1.84 bits per heavy atom. The zero-order valence-electron chi connectivity index (χ0n) is 11.6. The van der Waals surface area contributed by atoms with Gasteiger partial charge in [0, 0.05) is 25.2 Å². The molecule has 0 bridgehead atoms. The second-order valence-electron chi connectivity index (χ2n) is 5.06. The second-order valence-corrected chi connectivity index (χ2v) is 5.06. The first-order valence-corrected chi connectivity index (χ1v) is 6.58. The highest BCUT2D eigenvalue weighted by molar-refractivity contribution is 5.34. The summed E-state index contributed by atoms with van der Waals surface area (Å²) in [5, 5.41) is 0. The Morgan fingerprint density at radius 3 is 2.47 bits per heavy atom. The zero-order chi connectivity index (χ0) is 13.7. The Hall–Kier alpha value is -1.87. The van der Waals surface area contributed by atoms with E-state index in [2.05, 4.69) is 48.1 Å². The van der Waals surface area contributed by atoms with Gasteiger partial charge in [-0.15, -0.1) is 0 Å². The van der Waals surface area contributed by atoms with Gasteiger partial charge in [0.1, 0.15) is 0 Å². The zero-order valence-corrected chi connectivity index (χ0v) is 11.6. The van der Waals surface area contributed by atoms with Crippen LogP contribution in [-0.2, 0) is 13.0 Å². The van der Waals surface area contributed by atoms with Gasteiger partial charge in [-0.1, -0.05) is 29.8 Å². The van der Waals surface area contributed by atoms with Gasteiger partial charge in [0.05, 0.1) is 11.9 Å². The van der Waals surface area contributed by atoms with Gasteiger partial charge in [-0.25, -0.2) is 0 Å². The fourth-order valence-electron chi connectivity index (χ4n) is 1.97. The predicted octanol–water partition coefficient (Wildman–Crippen LogP) is 2.65. The Labute approximate surface area is 115 Å². The van der Waals surface area contributed by atoms with Crippen molar-refractivity contribution in [3.63, 3.8) is 0 Å². The Balaban J connectivity index is 1.82. The largest absolute Gasteiger partial charge is 0.397 e. The molecule has 3 nitrogen and oxygen atoms in total. The van der Waals surface area contributed by atoms with Crippen molar-refractivity contribution in [2.24, 2.45) is 0 Å². The van der Waals surface area contributed by atoms with E-state index < -0.39 is 0 Å². The second kappa shape index (κ2) is 6.34. The van der Waals surface area contributed by atoms with Crippen molar-refractivity contribution in [3.05, 3.63) is 59.4 Å². The lowest BCUT2D eigenvalue weighted by atomic mass is 10.1. The van der Waals surface area contributed by atoms with E-state index >= 15 is 0 Å². The number of nitrogens with zero attached hydrogens (tertiary/aromatic N) is 2. The van der Waals surface area contributed by atoms with Crippen LogP contribution in [0, 0.1) is 6.92 Å². The summed E-state index contributed by atoms with van der Waals surface area (Å²) < 4.78 is 0. The average molecular weight is 255 g/mol. The third-order valence-corrected chi connectivity index (χ3v) is 3.17. The van der Waals surface area contributed by atoms with Crippen LogP contribution in [0.4, 0.5) is 5.69 Å². The molecule has 1 aromatic carbocycles. The van der Waals surface area contributed by atoms with Crippen LogP contribution >= 0.6 is 0 Å². The van der Waals surface area contributed by atoms with Gasteiger partial charge < -0.3 is 10.6 Å². The highest BCUT2D eigenvalue weighted by Crippen LogP contribution is 2.07. The molecule has 2 aromatic rings. The third kappa shape index (κ3) is 4.38. The fourth-order valence-corrected chi connectivity index (χ4v) is 1.97. The predicted molar refractivity (Wildman–Crippen MR) is 79.9 cm³/mol. The molecule has 3 heteroatoms. The number of hydrogen-bond donors (Lipinski definition) is 1. The van der Waals surface area contributed by atoms with Crippen LogP contribution in [0.15, 0.2) is 42.6 Å². The summed E-state index contributed by atoms with van der Waals surface area (Å²) >= 11 is 0. The first-order valence-electron chi connectivity index (χ1n) is 6.58. The van der Waals surface area contributed by atoms with Crippen molar-refractivity contribution < 1.29 is 0 Å². The van der Waals surface area contributed by atoms with E-state index in [0.29, 0.717) is 0 Å². The van der Waals surface area contributed by atoms with Crippen molar-refractivity contribution in [3.8, 4) is 0 Å². The summed E-state index contributed by atoms with van der Waals surface area (Å²) in [4.78, 5) is 6.63. The standard InChI is InChI=1S/C16H21N3/c1-13-3-5-14(6-4-13)12-19(2)10-9-16-8-7-15(17)11-18-16/h3-8,11H,9-10,12,17H2,1-2H3. The molecule has 0 atom stereocenters. The number of benzene rings is 1. The molecule has 0 radical (unpaired) electrons. The molecule has 0 aliphatic carbocycles. The lowest BCUT2D eigenvalue weighted by molar-refractivity contribution is 0.330. The van der Waals surface area contributed by atoms with Crippen LogP contribution in [-0.4, -0.2) is 23.5 Å². The minimum Gasteiger partial charge on any atom is -0.397 e. The number of nitrogens with two attached hydrogens (primary N) is 1. The van der Waals surface area contributed by atoms with Crippen LogP contribution in [0.5, 0.6) is 0 Å². The van der Waals surface area contributed by atoms with E-state index in [0.717, 1.165) is 30.9 Å². The molecular weight excluding hydrogens is 234 g/mol. The minimum absolute atomic E-state index is 0.719. The maximum absolute atomic E-state index is 5.62. The molecule has 0 saturated carbocycles. The van der Waals surface area contributed by atoms with Crippen molar-refractivity contribution >= 4 is 5.69 Å². The molecule has 1 aromatic heterocycles. The van der Waals surface area contributed by atoms with Gasteiger partial charge in [-0.2, -0.15) is 0 Å². The molecule has 0 fully saturated rings. The highest BCUT2D eigenvalue weighted by atomic mass is 15.1. The molecular formula is C16H21N3. The van der Waals surface area contributed by atoms with Crippen molar-refractivity contribution in [1.29, 1.82) is 0 Å². The summed E-state index contributed by atoms with van der Waals surface area (Å²) in [7, 11) is 2.14. The summed E-state index contributed by atoms with van der Waals surface area (Å²) in [5.41, 5.74) is 10.1. The minimum atomic E-state index is 0.719. The lowest BCUT2D eigenvalue weighted by Gasteiger charge is -2.16. The first-order chi connectivity index (χ1) is 9.13. The van der Waals surface area contributed by atoms with Crippen LogP contribution in [0.2, 0.25) is 0 Å². The molecule has 0 unspecified atom stereocenters.